The van der Waals surface area contributed by atoms with Gasteiger partial charge in [0.05, 0.1) is 12.0 Å². The van der Waals surface area contributed by atoms with Crippen molar-refractivity contribution in [3.8, 4) is 5.75 Å². The molecule has 10 nitrogen and oxygen atoms in total. The van der Waals surface area contributed by atoms with Crippen molar-refractivity contribution in [1.82, 2.24) is 14.5 Å². The number of rotatable bonds is 5. The summed E-state index contributed by atoms with van der Waals surface area (Å²) >= 11 is 0. The number of anilines is 1. The first kappa shape index (κ1) is 24.2. The molecule has 2 saturated heterocycles. The summed E-state index contributed by atoms with van der Waals surface area (Å²) in [6.07, 6.45) is 0.340. The summed E-state index contributed by atoms with van der Waals surface area (Å²) in [7, 11) is -2.21. The first-order valence-corrected chi connectivity index (χ1v) is 13.0. The van der Waals surface area contributed by atoms with Crippen LogP contribution in [0.4, 0.5) is 10.1 Å². The molecule has 2 aromatic rings. The minimum absolute atomic E-state index is 0.112. The Bertz CT molecular complexity index is 1340. The van der Waals surface area contributed by atoms with E-state index in [4.69, 9.17) is 4.74 Å². The predicted molar refractivity (Wildman–Crippen MR) is 126 cm³/mol. The lowest BCUT2D eigenvalue weighted by molar-refractivity contribution is -0.136. The van der Waals surface area contributed by atoms with E-state index >= 15 is 0 Å². The third-order valence-corrected chi connectivity index (χ3v) is 8.79. The first-order chi connectivity index (χ1) is 17.2. The van der Waals surface area contributed by atoms with Crippen molar-refractivity contribution in [2.24, 2.45) is 0 Å². The average Bonchev–Trinajstić information content (AvgIpc) is 3.19. The van der Waals surface area contributed by atoms with Crippen LogP contribution in [-0.2, 0) is 26.2 Å². The van der Waals surface area contributed by atoms with Gasteiger partial charge < -0.3 is 14.5 Å². The number of fused-ring (bicyclic) bond motifs is 1. The van der Waals surface area contributed by atoms with Gasteiger partial charge in [-0.05, 0) is 42.8 Å². The van der Waals surface area contributed by atoms with Crippen molar-refractivity contribution in [1.29, 1.82) is 0 Å². The number of methoxy groups -OCH3 is 1. The average molecular weight is 517 g/mol. The highest BCUT2D eigenvalue weighted by Gasteiger charge is 2.41. The van der Waals surface area contributed by atoms with E-state index in [1.807, 2.05) is 4.90 Å². The normalized spacial score (nSPS) is 20.9. The second-order valence-electron chi connectivity index (χ2n) is 8.92. The fourth-order valence-electron chi connectivity index (χ4n) is 4.96. The summed E-state index contributed by atoms with van der Waals surface area (Å²) in [6.45, 7) is 1.09. The lowest BCUT2D eigenvalue weighted by Crippen LogP contribution is -2.52. The summed E-state index contributed by atoms with van der Waals surface area (Å²) in [4.78, 5) is 40.3. The number of nitrogens with zero attached hydrogens (tertiary/aromatic N) is 3. The number of nitrogens with one attached hydrogen (secondary N) is 1. The second-order valence-corrected chi connectivity index (χ2v) is 10.9. The van der Waals surface area contributed by atoms with Gasteiger partial charge >= 0.3 is 0 Å². The molecule has 1 unspecified atom stereocenters. The topological polar surface area (TPSA) is 116 Å². The number of carbonyl (C=O) groups excluding carboxylic acids is 3. The Hall–Kier alpha value is -3.51. The molecular weight excluding hydrogens is 491 g/mol. The van der Waals surface area contributed by atoms with Crippen LogP contribution in [0.5, 0.6) is 5.75 Å². The van der Waals surface area contributed by atoms with E-state index in [-0.39, 0.29) is 48.8 Å². The molecule has 36 heavy (non-hydrogen) atoms. The molecule has 0 aliphatic carbocycles. The molecule has 0 spiro atoms. The zero-order chi connectivity index (χ0) is 25.6. The van der Waals surface area contributed by atoms with E-state index in [2.05, 4.69) is 5.32 Å². The molecule has 0 saturated carbocycles. The summed E-state index contributed by atoms with van der Waals surface area (Å²) in [5.74, 6) is -1.41. The molecule has 0 radical (unpaired) electrons. The maximum absolute atomic E-state index is 14.6. The zero-order valence-electron chi connectivity index (χ0n) is 19.6. The van der Waals surface area contributed by atoms with E-state index in [0.717, 1.165) is 6.07 Å². The van der Waals surface area contributed by atoms with Gasteiger partial charge in [0.15, 0.2) is 0 Å². The van der Waals surface area contributed by atoms with Crippen LogP contribution in [0.1, 0.15) is 28.8 Å². The number of halogens is 1. The Morgan fingerprint density at radius 2 is 1.72 bits per heavy atom. The molecule has 0 aromatic heterocycles. The van der Waals surface area contributed by atoms with Gasteiger partial charge in [-0.15, -0.1) is 0 Å². The molecular formula is C24H25FN4O6S. The van der Waals surface area contributed by atoms with Crippen LogP contribution in [0.25, 0.3) is 0 Å². The molecule has 1 atom stereocenters. The smallest absolute Gasteiger partial charge is 0.255 e. The number of hydrogen-bond donors (Lipinski definition) is 1. The largest absolute Gasteiger partial charge is 0.497 e. The van der Waals surface area contributed by atoms with Crippen molar-refractivity contribution in [3.63, 3.8) is 0 Å². The van der Waals surface area contributed by atoms with Crippen LogP contribution in [-0.4, -0.2) is 74.7 Å². The van der Waals surface area contributed by atoms with Crippen LogP contribution >= 0.6 is 0 Å². The lowest BCUT2D eigenvalue weighted by atomic mass is 10.0. The number of piperidine rings is 1. The minimum Gasteiger partial charge on any atom is -0.497 e. The van der Waals surface area contributed by atoms with Gasteiger partial charge in [0.2, 0.25) is 21.8 Å². The molecule has 0 bridgehead atoms. The van der Waals surface area contributed by atoms with E-state index in [1.165, 1.54) is 34.5 Å². The number of hydrogen-bond acceptors (Lipinski definition) is 7. The SMILES string of the molecule is COc1ccc(S(=O)(=O)N2CCN(c3cc(F)cc4c3CN(C3CCC(=O)NC3=O)C4=O)CC2)cc1. The molecule has 3 amide bonds. The van der Waals surface area contributed by atoms with Crippen LogP contribution in [0.2, 0.25) is 0 Å². The Morgan fingerprint density at radius 3 is 2.36 bits per heavy atom. The summed E-state index contributed by atoms with van der Waals surface area (Å²) < 4.78 is 47.2. The van der Waals surface area contributed by atoms with E-state index in [9.17, 15) is 27.2 Å². The van der Waals surface area contributed by atoms with E-state index in [1.54, 1.807) is 12.1 Å². The number of benzene rings is 2. The summed E-state index contributed by atoms with van der Waals surface area (Å²) in [5, 5.41) is 2.26. The fourth-order valence-corrected chi connectivity index (χ4v) is 6.38. The molecule has 1 N–H and O–H groups in total. The number of sulfonamides is 1. The van der Waals surface area contributed by atoms with Crippen LogP contribution < -0.4 is 15.0 Å². The molecule has 190 valence electrons. The molecule has 5 rings (SSSR count). The van der Waals surface area contributed by atoms with E-state index in [0.29, 0.717) is 30.1 Å². The monoisotopic (exact) mass is 516 g/mol. The Kier molecular flexibility index (Phi) is 6.17. The van der Waals surface area contributed by atoms with Gasteiger partial charge in [-0.25, -0.2) is 12.8 Å². The molecule has 2 fully saturated rings. The number of carbonyl (C=O) groups is 3. The Balaban J connectivity index is 1.34. The molecule has 3 heterocycles. The van der Waals surface area contributed by atoms with Crippen molar-refractivity contribution in [2.45, 2.75) is 30.3 Å². The second kappa shape index (κ2) is 9.17. The molecule has 2 aromatic carbocycles. The lowest BCUT2D eigenvalue weighted by Gasteiger charge is -2.36. The number of piperazine rings is 1. The maximum atomic E-state index is 14.6. The van der Waals surface area contributed by atoms with Gasteiger partial charge in [0.1, 0.15) is 17.6 Å². The minimum atomic E-state index is -3.71. The van der Waals surface area contributed by atoms with Crippen molar-refractivity contribution < 1.29 is 31.9 Å². The molecule has 3 aliphatic rings. The van der Waals surface area contributed by atoms with Gasteiger partial charge in [-0.1, -0.05) is 0 Å². The maximum Gasteiger partial charge on any atom is 0.255 e. The number of imide groups is 1. The molecule has 12 heteroatoms. The van der Waals surface area contributed by atoms with Gasteiger partial charge in [0, 0.05) is 56.0 Å². The highest BCUT2D eigenvalue weighted by atomic mass is 32.2. The zero-order valence-corrected chi connectivity index (χ0v) is 20.4. The van der Waals surface area contributed by atoms with Crippen molar-refractivity contribution >= 4 is 33.4 Å². The van der Waals surface area contributed by atoms with Crippen LogP contribution in [0.3, 0.4) is 0 Å². The van der Waals surface area contributed by atoms with Crippen LogP contribution in [0, 0.1) is 5.82 Å². The third kappa shape index (κ3) is 4.20. The Morgan fingerprint density at radius 1 is 1.03 bits per heavy atom. The van der Waals surface area contributed by atoms with Crippen LogP contribution in [0.15, 0.2) is 41.3 Å². The Labute approximate surface area is 207 Å². The highest BCUT2D eigenvalue weighted by Crippen LogP contribution is 2.36. The quantitative estimate of drug-likeness (QED) is 0.592. The predicted octanol–water partition coefficient (Wildman–Crippen LogP) is 1.11. The van der Waals surface area contributed by atoms with Gasteiger partial charge in [-0.2, -0.15) is 4.31 Å². The number of ether oxygens (including phenoxy) is 1. The third-order valence-electron chi connectivity index (χ3n) is 6.87. The van der Waals surface area contributed by atoms with Crippen molar-refractivity contribution in [2.75, 3.05) is 38.2 Å². The summed E-state index contributed by atoms with van der Waals surface area (Å²) in [5.41, 5.74) is 1.29. The number of amides is 3. The standard InChI is InChI=1S/C24H25FN4O6S/c1-35-16-2-4-17(5-3-16)36(33,34)28-10-8-27(9-11-28)21-13-15(25)12-18-19(21)14-29(24(18)32)20-6-7-22(30)26-23(20)31/h2-5,12-13,20H,6-11,14H2,1H3,(H,26,30,31). The van der Waals surface area contributed by atoms with Crippen molar-refractivity contribution in [3.05, 3.63) is 53.3 Å². The molecule has 3 aliphatic heterocycles. The highest BCUT2D eigenvalue weighted by molar-refractivity contribution is 7.89. The fraction of sp³-hybridized carbons (Fsp3) is 0.375. The summed E-state index contributed by atoms with van der Waals surface area (Å²) in [6, 6.07) is 7.87. The van der Waals surface area contributed by atoms with Gasteiger partial charge in [0.25, 0.3) is 5.91 Å². The first-order valence-electron chi connectivity index (χ1n) is 11.6. The van der Waals surface area contributed by atoms with E-state index < -0.39 is 33.7 Å². The van der Waals surface area contributed by atoms with Gasteiger partial charge in [-0.3, -0.25) is 19.7 Å².